The Morgan fingerprint density at radius 2 is 1.94 bits per heavy atom. The van der Waals surface area contributed by atoms with Crippen molar-refractivity contribution in [2.75, 3.05) is 6.54 Å². The van der Waals surface area contributed by atoms with E-state index in [1.54, 1.807) is 0 Å². The molecule has 0 bridgehead atoms. The van der Waals surface area contributed by atoms with E-state index in [1.807, 2.05) is 11.0 Å². The highest BCUT2D eigenvalue weighted by Gasteiger charge is 2.25. The average molecular weight is 250 g/mol. The molecular weight excluding hydrogens is 224 g/mol. The number of allylic oxidation sites excluding steroid dienone is 1. The maximum Gasteiger partial charge on any atom is 0.246 e. The Morgan fingerprint density at radius 1 is 1.22 bits per heavy atom. The molecule has 2 unspecified atom stereocenters. The number of amides is 1. The van der Waals surface area contributed by atoms with Crippen LogP contribution in [-0.4, -0.2) is 29.4 Å². The second-order valence-corrected chi connectivity index (χ2v) is 5.92. The second kappa shape index (κ2) is 6.37. The Bertz CT molecular complexity index is 308. The van der Waals surface area contributed by atoms with Gasteiger partial charge in [0.25, 0.3) is 0 Å². The van der Waals surface area contributed by atoms with E-state index in [0.29, 0.717) is 5.92 Å². The van der Waals surface area contributed by atoms with Gasteiger partial charge in [-0.3, -0.25) is 4.79 Å². The summed E-state index contributed by atoms with van der Waals surface area (Å²) in [6, 6.07) is 0.559. The predicted molar refractivity (Wildman–Crippen MR) is 74.1 cm³/mol. The number of rotatable bonds is 2. The van der Waals surface area contributed by atoms with Crippen LogP contribution in [0.15, 0.2) is 12.2 Å². The van der Waals surface area contributed by atoms with Crippen LogP contribution < -0.4 is 5.73 Å². The van der Waals surface area contributed by atoms with Gasteiger partial charge in [-0.25, -0.2) is 0 Å². The van der Waals surface area contributed by atoms with Gasteiger partial charge in [0.1, 0.15) is 0 Å². The maximum atomic E-state index is 12.2. The molecular formula is C15H26N2O. The fourth-order valence-electron chi connectivity index (χ4n) is 3.18. The normalized spacial score (nSPS) is 30.9. The molecule has 2 fully saturated rings. The molecule has 2 rings (SSSR count). The van der Waals surface area contributed by atoms with Gasteiger partial charge in [-0.1, -0.05) is 25.3 Å². The molecule has 0 aromatic rings. The molecule has 1 aliphatic carbocycles. The second-order valence-electron chi connectivity index (χ2n) is 5.92. The van der Waals surface area contributed by atoms with Crippen molar-refractivity contribution in [3.8, 4) is 0 Å². The van der Waals surface area contributed by atoms with E-state index in [4.69, 9.17) is 5.73 Å². The number of hydrogen-bond donors (Lipinski definition) is 1. The first-order chi connectivity index (χ1) is 8.66. The van der Waals surface area contributed by atoms with Gasteiger partial charge in [0.2, 0.25) is 5.91 Å². The van der Waals surface area contributed by atoms with Crippen LogP contribution in [0.4, 0.5) is 0 Å². The van der Waals surface area contributed by atoms with E-state index in [2.05, 4.69) is 13.0 Å². The van der Waals surface area contributed by atoms with Gasteiger partial charge >= 0.3 is 0 Å². The van der Waals surface area contributed by atoms with E-state index in [0.717, 1.165) is 19.4 Å². The van der Waals surface area contributed by atoms with Crippen molar-refractivity contribution >= 4 is 5.91 Å². The van der Waals surface area contributed by atoms with Crippen LogP contribution in [0.25, 0.3) is 0 Å². The summed E-state index contributed by atoms with van der Waals surface area (Å²) in [6.45, 7) is 2.92. The number of carbonyl (C=O) groups excluding carboxylic acids is 1. The van der Waals surface area contributed by atoms with Crippen molar-refractivity contribution in [2.45, 2.75) is 64.0 Å². The molecule has 1 saturated heterocycles. The lowest BCUT2D eigenvalue weighted by atomic mass is 9.89. The lowest BCUT2D eigenvalue weighted by Crippen LogP contribution is -2.47. The summed E-state index contributed by atoms with van der Waals surface area (Å²) >= 11 is 0. The average Bonchev–Trinajstić information content (AvgIpc) is 2.37. The Morgan fingerprint density at radius 3 is 2.61 bits per heavy atom. The number of nitrogens with two attached hydrogens (primary N) is 1. The fourth-order valence-corrected chi connectivity index (χ4v) is 3.18. The van der Waals surface area contributed by atoms with Gasteiger partial charge in [-0.15, -0.1) is 0 Å². The summed E-state index contributed by atoms with van der Waals surface area (Å²) in [5.41, 5.74) is 5.92. The Labute approximate surface area is 110 Å². The topological polar surface area (TPSA) is 46.3 Å². The van der Waals surface area contributed by atoms with E-state index >= 15 is 0 Å². The Hall–Kier alpha value is -0.830. The molecule has 1 aliphatic heterocycles. The van der Waals surface area contributed by atoms with Crippen molar-refractivity contribution in [1.29, 1.82) is 0 Å². The van der Waals surface area contributed by atoms with Crippen LogP contribution in [0.1, 0.15) is 51.9 Å². The molecule has 18 heavy (non-hydrogen) atoms. The molecule has 1 heterocycles. The number of piperidine rings is 1. The Balaban J connectivity index is 1.85. The molecule has 2 N–H and O–H groups in total. The fraction of sp³-hybridized carbons (Fsp3) is 0.800. The molecule has 1 saturated carbocycles. The first kappa shape index (κ1) is 13.6. The van der Waals surface area contributed by atoms with Crippen molar-refractivity contribution in [1.82, 2.24) is 4.90 Å². The lowest BCUT2D eigenvalue weighted by molar-refractivity contribution is -0.129. The highest BCUT2D eigenvalue weighted by molar-refractivity contribution is 5.87. The zero-order valence-corrected chi connectivity index (χ0v) is 11.5. The van der Waals surface area contributed by atoms with Crippen molar-refractivity contribution in [3.63, 3.8) is 0 Å². The van der Waals surface area contributed by atoms with Gasteiger partial charge in [0.15, 0.2) is 0 Å². The molecule has 3 nitrogen and oxygen atoms in total. The quantitative estimate of drug-likeness (QED) is 0.765. The van der Waals surface area contributed by atoms with Crippen LogP contribution in [0, 0.1) is 5.92 Å². The SMILES string of the molecule is CC1CC(N)CCN1C(=O)C=CC1CCCCC1. The van der Waals surface area contributed by atoms with E-state index in [1.165, 1.54) is 32.1 Å². The third-order valence-corrected chi connectivity index (χ3v) is 4.36. The molecule has 0 spiro atoms. The zero-order chi connectivity index (χ0) is 13.0. The minimum Gasteiger partial charge on any atom is -0.336 e. The Kier molecular flexibility index (Phi) is 4.81. The van der Waals surface area contributed by atoms with Crippen LogP contribution in [-0.2, 0) is 4.79 Å². The highest BCUT2D eigenvalue weighted by Crippen LogP contribution is 2.25. The maximum absolute atomic E-state index is 12.2. The van der Waals surface area contributed by atoms with Gasteiger partial charge in [0.05, 0.1) is 0 Å². The molecule has 0 aromatic carbocycles. The first-order valence-electron chi connectivity index (χ1n) is 7.41. The van der Waals surface area contributed by atoms with Gasteiger partial charge in [-0.2, -0.15) is 0 Å². The summed E-state index contributed by atoms with van der Waals surface area (Å²) < 4.78 is 0. The molecule has 1 amide bonds. The molecule has 0 aromatic heterocycles. The smallest absolute Gasteiger partial charge is 0.246 e. The van der Waals surface area contributed by atoms with Gasteiger partial charge < -0.3 is 10.6 Å². The third-order valence-electron chi connectivity index (χ3n) is 4.36. The molecule has 2 aliphatic rings. The highest BCUT2D eigenvalue weighted by atomic mass is 16.2. The van der Waals surface area contributed by atoms with Crippen LogP contribution in [0.5, 0.6) is 0 Å². The number of carbonyl (C=O) groups is 1. The minimum atomic E-state index is 0.181. The lowest BCUT2D eigenvalue weighted by Gasteiger charge is -2.35. The third kappa shape index (κ3) is 3.58. The zero-order valence-electron chi connectivity index (χ0n) is 11.5. The monoisotopic (exact) mass is 250 g/mol. The molecule has 2 atom stereocenters. The molecule has 102 valence electrons. The summed E-state index contributed by atoms with van der Waals surface area (Å²) in [5.74, 6) is 0.810. The molecule has 0 radical (unpaired) electrons. The van der Waals surface area contributed by atoms with Crippen LogP contribution in [0.3, 0.4) is 0 Å². The standard InChI is InChI=1S/C15H26N2O/c1-12-11-14(16)9-10-17(12)15(18)8-7-13-5-3-2-4-6-13/h7-8,12-14H,2-6,9-11,16H2,1H3. The van der Waals surface area contributed by atoms with E-state index < -0.39 is 0 Å². The summed E-state index contributed by atoms with van der Waals surface area (Å²) in [6.07, 6.45) is 12.3. The minimum absolute atomic E-state index is 0.181. The van der Waals surface area contributed by atoms with Crippen LogP contribution in [0.2, 0.25) is 0 Å². The predicted octanol–water partition coefficient (Wildman–Crippen LogP) is 2.46. The van der Waals surface area contributed by atoms with Crippen molar-refractivity contribution < 1.29 is 4.79 Å². The van der Waals surface area contributed by atoms with Crippen LogP contribution >= 0.6 is 0 Å². The van der Waals surface area contributed by atoms with Gasteiger partial charge in [-0.05, 0) is 44.6 Å². The van der Waals surface area contributed by atoms with E-state index in [9.17, 15) is 4.79 Å². The van der Waals surface area contributed by atoms with Crippen molar-refractivity contribution in [2.24, 2.45) is 11.7 Å². The summed E-state index contributed by atoms with van der Waals surface area (Å²) in [7, 11) is 0. The molecule has 3 heteroatoms. The number of nitrogens with zero attached hydrogens (tertiary/aromatic N) is 1. The number of hydrogen-bond acceptors (Lipinski definition) is 2. The summed E-state index contributed by atoms with van der Waals surface area (Å²) in [5, 5.41) is 0. The number of likely N-dealkylation sites (tertiary alicyclic amines) is 1. The largest absolute Gasteiger partial charge is 0.336 e. The van der Waals surface area contributed by atoms with Gasteiger partial charge in [0, 0.05) is 18.6 Å². The first-order valence-corrected chi connectivity index (χ1v) is 7.41. The van der Waals surface area contributed by atoms with E-state index in [-0.39, 0.29) is 18.0 Å². The van der Waals surface area contributed by atoms with Crippen molar-refractivity contribution in [3.05, 3.63) is 12.2 Å². The summed E-state index contributed by atoms with van der Waals surface area (Å²) in [4.78, 5) is 14.1.